The number of ether oxygens (including phenoxy) is 2. The number of anilines is 2. The van der Waals surface area contributed by atoms with Crippen molar-refractivity contribution in [3.05, 3.63) is 179 Å². The van der Waals surface area contributed by atoms with Crippen LogP contribution >= 0.6 is 48.0 Å². The summed E-state index contributed by atoms with van der Waals surface area (Å²) in [5.74, 6) is 0.441. The van der Waals surface area contributed by atoms with Gasteiger partial charge in [-0.1, -0.05) is 88.4 Å². The predicted molar refractivity (Wildman–Crippen MR) is 311 cm³/mol. The van der Waals surface area contributed by atoms with Crippen LogP contribution in [0.2, 0.25) is 0 Å². The number of halogens is 6. The minimum atomic E-state index is -1.01. The molecule has 0 radical (unpaired) electrons. The van der Waals surface area contributed by atoms with Crippen molar-refractivity contribution in [2.45, 2.75) is 65.7 Å². The molecule has 18 heteroatoms. The molecule has 8 rings (SSSR count). The fraction of sp³-hybridized carbons (Fsp3) is 0.333. The van der Waals surface area contributed by atoms with Gasteiger partial charge in [0, 0.05) is 62.7 Å². The molecule has 4 amide bonds. The van der Waals surface area contributed by atoms with E-state index in [1.54, 1.807) is 58.3 Å². The third kappa shape index (κ3) is 15.9. The first-order valence-electron chi connectivity index (χ1n) is 25.5. The Hall–Kier alpha value is -6.26. The van der Waals surface area contributed by atoms with Crippen LogP contribution in [0.4, 0.5) is 20.2 Å². The smallest absolute Gasteiger partial charge is 0.250 e. The fourth-order valence-corrected chi connectivity index (χ4v) is 9.68. The van der Waals surface area contributed by atoms with Gasteiger partial charge < -0.3 is 29.9 Å². The zero-order chi connectivity index (χ0) is 54.5. The Morgan fingerprint density at radius 2 is 0.885 bits per heavy atom. The lowest BCUT2D eigenvalue weighted by molar-refractivity contribution is -0.136. The van der Waals surface area contributed by atoms with Crippen molar-refractivity contribution in [1.82, 2.24) is 20.4 Å². The van der Waals surface area contributed by atoms with Crippen LogP contribution in [0.1, 0.15) is 62.0 Å². The van der Waals surface area contributed by atoms with E-state index < -0.39 is 35.5 Å². The van der Waals surface area contributed by atoms with Crippen LogP contribution in [-0.4, -0.2) is 96.5 Å². The number of piperazine rings is 2. The summed E-state index contributed by atoms with van der Waals surface area (Å²) in [4.78, 5) is 61.5. The molecule has 0 bridgehead atoms. The summed E-state index contributed by atoms with van der Waals surface area (Å²) >= 11 is 12.2. The Balaban J connectivity index is 0.000000280. The molecule has 0 saturated carbocycles. The molecule has 12 nitrogen and oxygen atoms in total. The summed E-state index contributed by atoms with van der Waals surface area (Å²) in [6.07, 6.45) is 0. The topological polar surface area (TPSA) is 124 Å². The van der Waals surface area contributed by atoms with Crippen LogP contribution < -0.4 is 29.9 Å². The number of carbonyl (C=O) groups is 4. The molecule has 0 aromatic heterocycles. The highest BCUT2D eigenvalue weighted by molar-refractivity contribution is 6.30. The maximum atomic E-state index is 14.1. The Labute approximate surface area is 479 Å². The molecule has 416 valence electrons. The lowest BCUT2D eigenvalue weighted by atomic mass is 9.98. The summed E-state index contributed by atoms with van der Waals surface area (Å²) in [6, 6.07) is 39.1. The van der Waals surface area contributed by atoms with Crippen molar-refractivity contribution >= 4 is 83.0 Å². The zero-order valence-corrected chi connectivity index (χ0v) is 47.7. The number of carbonyl (C=O) groups excluding carboxylic acids is 4. The SMILES string of the molecule is Cc1cc(Oc2ccccc2)ccc1N(C(=O)CCl)[C@@H](C(=O)N1CCN[C@H](C(C)C)C1)c1ccc(F)cc1.Cc1cc(Oc2ccccc2)ccc1N(C(=O)CCl)[C@H](C(=O)N1CCN[C@H](C(C)C)C1)c1ccc(F)cc1.Cl.Cl. The second kappa shape index (κ2) is 29.6. The van der Waals surface area contributed by atoms with Gasteiger partial charge in [0.25, 0.3) is 11.8 Å². The van der Waals surface area contributed by atoms with Crippen molar-refractivity contribution in [1.29, 1.82) is 0 Å². The van der Waals surface area contributed by atoms with Crippen LogP contribution in [0, 0.1) is 37.3 Å². The van der Waals surface area contributed by atoms with Crippen LogP contribution in [0.5, 0.6) is 23.0 Å². The van der Waals surface area contributed by atoms with Crippen molar-refractivity contribution in [2.75, 3.05) is 60.8 Å². The van der Waals surface area contributed by atoms with Gasteiger partial charge >= 0.3 is 0 Å². The monoisotopic (exact) mass is 1150 g/mol. The number of alkyl halides is 2. The maximum Gasteiger partial charge on any atom is 0.250 e. The zero-order valence-electron chi connectivity index (χ0n) is 44.5. The molecule has 6 aromatic carbocycles. The van der Waals surface area contributed by atoms with Crippen LogP contribution in [0.25, 0.3) is 0 Å². The summed E-state index contributed by atoms with van der Waals surface area (Å²) in [5, 5.41) is 6.92. The van der Waals surface area contributed by atoms with Gasteiger partial charge in [-0.15, -0.1) is 48.0 Å². The van der Waals surface area contributed by atoms with E-state index in [4.69, 9.17) is 32.7 Å². The first-order chi connectivity index (χ1) is 36.6. The number of benzene rings is 6. The van der Waals surface area contributed by atoms with Crippen molar-refractivity contribution in [3.63, 3.8) is 0 Å². The van der Waals surface area contributed by atoms with Gasteiger partial charge in [0.05, 0.1) is 0 Å². The second-order valence-electron chi connectivity index (χ2n) is 19.6. The number of rotatable bonds is 16. The molecule has 2 heterocycles. The van der Waals surface area contributed by atoms with Gasteiger partial charge in [0.1, 0.15) is 58.5 Å². The third-order valence-electron chi connectivity index (χ3n) is 13.6. The largest absolute Gasteiger partial charge is 0.457 e. The van der Waals surface area contributed by atoms with Crippen LogP contribution in [0.3, 0.4) is 0 Å². The molecule has 4 atom stereocenters. The molecule has 2 aliphatic heterocycles. The van der Waals surface area contributed by atoms with Crippen molar-refractivity contribution in [2.24, 2.45) is 11.8 Å². The normalized spacial score (nSPS) is 15.8. The number of nitrogens with one attached hydrogen (secondary N) is 2. The Morgan fingerprint density at radius 1 is 0.538 bits per heavy atom. The number of amides is 4. The van der Waals surface area contributed by atoms with Crippen LogP contribution in [0.15, 0.2) is 146 Å². The van der Waals surface area contributed by atoms with E-state index >= 15 is 0 Å². The number of para-hydroxylation sites is 2. The lowest BCUT2D eigenvalue weighted by Gasteiger charge is -2.40. The highest BCUT2D eigenvalue weighted by atomic mass is 35.5. The molecule has 78 heavy (non-hydrogen) atoms. The predicted octanol–water partition coefficient (Wildman–Crippen LogP) is 12.2. The molecule has 2 N–H and O–H groups in total. The Morgan fingerprint density at radius 3 is 1.19 bits per heavy atom. The van der Waals surface area contributed by atoms with Gasteiger partial charge in [-0.3, -0.25) is 29.0 Å². The highest BCUT2D eigenvalue weighted by Gasteiger charge is 2.40. The third-order valence-corrected chi connectivity index (χ3v) is 14.0. The average Bonchev–Trinajstić information content (AvgIpc) is 3.48. The first kappa shape index (κ1) is 62.6. The lowest BCUT2D eigenvalue weighted by Crippen LogP contribution is -2.57. The van der Waals surface area contributed by atoms with Gasteiger partial charge in [-0.05, 0) is 133 Å². The highest BCUT2D eigenvalue weighted by Crippen LogP contribution is 2.37. The molecule has 0 unspecified atom stereocenters. The minimum absolute atomic E-state index is 0. The Kier molecular flexibility index (Phi) is 23.8. The molecule has 2 saturated heterocycles. The summed E-state index contributed by atoms with van der Waals surface area (Å²) in [7, 11) is 0. The number of hydrogen-bond donors (Lipinski definition) is 2. The summed E-state index contributed by atoms with van der Waals surface area (Å²) < 4.78 is 39.7. The summed E-state index contributed by atoms with van der Waals surface area (Å²) in [6.45, 7) is 15.5. The molecule has 6 aromatic rings. The van der Waals surface area contributed by atoms with E-state index in [1.165, 1.54) is 34.1 Å². The number of hydrogen-bond acceptors (Lipinski definition) is 8. The number of aryl methyl sites for hydroxylation is 2. The van der Waals surface area contributed by atoms with Crippen molar-refractivity contribution in [3.8, 4) is 23.0 Å². The van der Waals surface area contributed by atoms with Gasteiger partial charge in [0.15, 0.2) is 0 Å². The quantitative estimate of drug-likeness (QED) is 0.0919. The Bertz CT molecular complexity index is 2710. The van der Waals surface area contributed by atoms with Gasteiger partial charge in [0.2, 0.25) is 11.8 Å². The maximum absolute atomic E-state index is 14.1. The number of nitrogens with zero attached hydrogens (tertiary/aromatic N) is 4. The first-order valence-corrected chi connectivity index (χ1v) is 26.6. The average molecular weight is 1150 g/mol. The molecule has 0 spiro atoms. The van der Waals surface area contributed by atoms with E-state index in [-0.39, 0.29) is 60.5 Å². The van der Waals surface area contributed by atoms with Gasteiger partial charge in [-0.25, -0.2) is 8.78 Å². The molecular weight excluding hydrogens is 1080 g/mol. The van der Waals surface area contributed by atoms with E-state index in [9.17, 15) is 28.0 Å². The van der Waals surface area contributed by atoms with Gasteiger partial charge in [-0.2, -0.15) is 0 Å². The minimum Gasteiger partial charge on any atom is -0.457 e. The van der Waals surface area contributed by atoms with E-state index in [0.29, 0.717) is 96.6 Å². The van der Waals surface area contributed by atoms with E-state index in [2.05, 4.69) is 38.3 Å². The molecule has 0 aliphatic carbocycles. The second-order valence-corrected chi connectivity index (χ2v) is 20.1. The molecule has 2 aliphatic rings. The molecule has 2 fully saturated rings. The standard InChI is InChI=1S/2C30H33ClFN3O3.2ClH/c2*1-20(2)26-19-34(16-15-33-26)30(37)29(22-9-11-23(32)12-10-22)35(28(36)18-31)27-14-13-25(17-21(27)3)38-24-7-5-4-6-8-24;;/h2*4-14,17,20,26,29,33H,15-16,18-19H2,1-3H3;2*1H/t26-,29+;26-,29-;;/m00../s1. The van der Waals surface area contributed by atoms with Crippen LogP contribution in [-0.2, 0) is 19.2 Å². The fourth-order valence-electron chi connectivity index (χ4n) is 9.43. The van der Waals surface area contributed by atoms with E-state index in [1.807, 2.05) is 86.6 Å². The molecular formula is C60H68Cl4F2N6O6. The van der Waals surface area contributed by atoms with Crippen molar-refractivity contribution < 1.29 is 37.4 Å². The van der Waals surface area contributed by atoms with E-state index in [0.717, 1.165) is 11.1 Å². The summed E-state index contributed by atoms with van der Waals surface area (Å²) in [5.41, 5.74) is 3.56.